The van der Waals surface area contributed by atoms with Crippen LogP contribution in [0.2, 0.25) is 0 Å². The minimum absolute atomic E-state index is 0.552. The largest absolute Gasteiger partial charge is 0.457 e. The summed E-state index contributed by atoms with van der Waals surface area (Å²) in [6.45, 7) is 0. The zero-order chi connectivity index (χ0) is 40.8. The maximum atomic E-state index is 6.67. The van der Waals surface area contributed by atoms with E-state index in [0.717, 1.165) is 28.6 Å². The molecular weight excluding hydrogens is 771 g/mol. The van der Waals surface area contributed by atoms with E-state index in [-0.39, 0.29) is 0 Å². The van der Waals surface area contributed by atoms with Crippen LogP contribution in [0.1, 0.15) is 22.3 Å². The summed E-state index contributed by atoms with van der Waals surface area (Å²) in [5.74, 6) is 1.80. The first-order chi connectivity index (χ1) is 30.7. The molecule has 0 bridgehead atoms. The summed E-state index contributed by atoms with van der Waals surface area (Å²) in [6, 6.07) is 82.1. The Morgan fingerprint density at radius 2 is 0.919 bits per heavy atom. The highest BCUT2D eigenvalue weighted by atomic mass is 32.1. The third-order valence-electron chi connectivity index (χ3n) is 13.1. The molecule has 0 unspecified atom stereocenters. The number of hydrogen-bond donors (Lipinski definition) is 0. The minimum Gasteiger partial charge on any atom is -0.457 e. The fourth-order valence-electron chi connectivity index (χ4n) is 10.5. The minimum atomic E-state index is -0.552. The highest BCUT2D eigenvalue weighted by Gasteiger charge is 2.52. The van der Waals surface area contributed by atoms with E-state index in [1.807, 2.05) is 11.3 Å². The lowest BCUT2D eigenvalue weighted by Gasteiger charge is -2.39. The molecule has 0 saturated heterocycles. The third-order valence-corrected chi connectivity index (χ3v) is 14.3. The van der Waals surface area contributed by atoms with Crippen molar-refractivity contribution in [2.75, 3.05) is 4.90 Å². The first-order valence-corrected chi connectivity index (χ1v) is 22.1. The van der Waals surface area contributed by atoms with Crippen molar-refractivity contribution in [3.63, 3.8) is 0 Å². The smallest absolute Gasteiger partial charge is 0.132 e. The predicted octanol–water partition coefficient (Wildman–Crippen LogP) is 16.5. The van der Waals surface area contributed by atoms with Crippen LogP contribution in [0.15, 0.2) is 224 Å². The van der Waals surface area contributed by atoms with Gasteiger partial charge in [-0.15, -0.1) is 11.3 Å². The summed E-state index contributed by atoms with van der Waals surface area (Å²) < 4.78 is 9.27. The summed E-state index contributed by atoms with van der Waals surface area (Å²) in [4.78, 5) is 2.40. The first kappa shape index (κ1) is 35.1. The van der Waals surface area contributed by atoms with Gasteiger partial charge < -0.3 is 9.64 Å². The van der Waals surface area contributed by atoms with E-state index in [0.29, 0.717) is 0 Å². The lowest BCUT2D eigenvalue weighted by atomic mass is 9.66. The molecule has 62 heavy (non-hydrogen) atoms. The lowest BCUT2D eigenvalue weighted by Crippen LogP contribution is -2.32. The molecule has 10 aromatic carbocycles. The maximum Gasteiger partial charge on any atom is 0.132 e. The van der Waals surface area contributed by atoms with Gasteiger partial charge in [-0.1, -0.05) is 164 Å². The van der Waals surface area contributed by atoms with Crippen LogP contribution < -0.4 is 9.64 Å². The zero-order valence-corrected chi connectivity index (χ0v) is 34.4. The summed E-state index contributed by atoms with van der Waals surface area (Å²) in [7, 11) is 0. The molecule has 0 amide bonds. The molecule has 2 nitrogen and oxygen atoms in total. The van der Waals surface area contributed by atoms with Crippen molar-refractivity contribution in [1.29, 1.82) is 0 Å². The van der Waals surface area contributed by atoms with Crippen molar-refractivity contribution in [3.8, 4) is 44.9 Å². The van der Waals surface area contributed by atoms with Gasteiger partial charge in [0.1, 0.15) is 11.5 Å². The topological polar surface area (TPSA) is 12.5 Å². The van der Waals surface area contributed by atoms with Gasteiger partial charge in [-0.05, 0) is 116 Å². The average molecular weight is 808 g/mol. The molecule has 0 N–H and O–H groups in total. The van der Waals surface area contributed by atoms with E-state index in [1.54, 1.807) is 0 Å². The molecule has 290 valence electrons. The highest BCUT2D eigenvalue weighted by molar-refractivity contribution is 7.25. The van der Waals surface area contributed by atoms with E-state index in [1.165, 1.54) is 86.6 Å². The van der Waals surface area contributed by atoms with Crippen molar-refractivity contribution in [1.82, 2.24) is 0 Å². The fraction of sp³-hybridized carbons (Fsp3) is 0.0169. The van der Waals surface area contributed by atoms with E-state index in [4.69, 9.17) is 4.74 Å². The fourth-order valence-corrected chi connectivity index (χ4v) is 11.6. The Bertz CT molecular complexity index is 3500. The normalized spacial score (nSPS) is 13.1. The zero-order valence-electron chi connectivity index (χ0n) is 33.6. The van der Waals surface area contributed by atoms with Crippen LogP contribution in [0.4, 0.5) is 17.1 Å². The van der Waals surface area contributed by atoms with Gasteiger partial charge in [0.05, 0.1) is 5.41 Å². The Hall–Kier alpha value is -7.72. The average Bonchev–Trinajstić information content (AvgIpc) is 3.86. The van der Waals surface area contributed by atoms with Crippen LogP contribution in [0, 0.1) is 0 Å². The second-order valence-corrected chi connectivity index (χ2v) is 17.4. The lowest BCUT2D eigenvalue weighted by molar-refractivity contribution is 0.436. The van der Waals surface area contributed by atoms with Crippen LogP contribution in [0.3, 0.4) is 0 Å². The number of para-hydroxylation sites is 2. The SMILES string of the molecule is c1ccc(-c2ccc(N(c3ccc(-c4cccc5c4-c4c(ccc6ccccc46)C54c5ccccc5Oc5ccccc54)cc3)c3ccc4sc5ccccc5c4c3)cc2)cc1. The van der Waals surface area contributed by atoms with E-state index in [2.05, 4.69) is 229 Å². The van der Waals surface area contributed by atoms with Gasteiger partial charge in [-0.25, -0.2) is 0 Å². The molecule has 1 spiro atoms. The highest BCUT2D eigenvalue weighted by Crippen LogP contribution is 2.64. The standard InChI is InChI=1S/C59H37NOS/c1-2-13-38(14-3-1)39-25-30-42(31-26-39)60(44-34-36-56-48(37-44)47-17-6-11-24-55(47)62-56)43-32-27-41(28-33-43)46-18-12-21-51-57(46)58-45-16-5-4-15-40(45)29-35-52(58)59(51)49-19-7-9-22-53(49)61-54-23-10-8-20-50(54)59/h1-37H. The maximum absolute atomic E-state index is 6.67. The Labute approximate surface area is 364 Å². The van der Waals surface area contributed by atoms with Crippen LogP contribution in [-0.2, 0) is 5.41 Å². The van der Waals surface area contributed by atoms with E-state index >= 15 is 0 Å². The van der Waals surface area contributed by atoms with Crippen molar-refractivity contribution in [2.45, 2.75) is 5.41 Å². The molecule has 11 aromatic rings. The number of ether oxygens (including phenoxy) is 1. The van der Waals surface area contributed by atoms with Gasteiger partial charge in [0, 0.05) is 48.4 Å². The predicted molar refractivity (Wildman–Crippen MR) is 260 cm³/mol. The molecular formula is C59H37NOS. The van der Waals surface area contributed by atoms with Crippen molar-refractivity contribution in [3.05, 3.63) is 247 Å². The van der Waals surface area contributed by atoms with Gasteiger partial charge in [0.25, 0.3) is 0 Å². The summed E-state index contributed by atoms with van der Waals surface area (Å²) >= 11 is 1.85. The van der Waals surface area contributed by atoms with Crippen LogP contribution in [0.5, 0.6) is 11.5 Å². The number of thiophene rings is 1. The number of benzene rings is 10. The summed E-state index contributed by atoms with van der Waals surface area (Å²) in [5.41, 5.74) is 15.1. The molecule has 1 aliphatic heterocycles. The molecule has 2 aliphatic rings. The third kappa shape index (κ3) is 5.09. The molecule has 1 aromatic heterocycles. The molecule has 0 radical (unpaired) electrons. The summed E-state index contributed by atoms with van der Waals surface area (Å²) in [5, 5.41) is 5.07. The van der Waals surface area contributed by atoms with E-state index in [9.17, 15) is 0 Å². The first-order valence-electron chi connectivity index (χ1n) is 21.2. The molecule has 0 fully saturated rings. The molecule has 3 heteroatoms. The molecule has 1 aliphatic carbocycles. The van der Waals surface area contributed by atoms with Crippen LogP contribution >= 0.6 is 11.3 Å². The molecule has 2 heterocycles. The van der Waals surface area contributed by atoms with Crippen LogP contribution in [-0.4, -0.2) is 0 Å². The van der Waals surface area contributed by atoms with Crippen molar-refractivity contribution in [2.24, 2.45) is 0 Å². The number of nitrogens with zero attached hydrogens (tertiary/aromatic N) is 1. The van der Waals surface area contributed by atoms with Gasteiger partial charge in [-0.3, -0.25) is 0 Å². The van der Waals surface area contributed by atoms with Crippen molar-refractivity contribution < 1.29 is 4.74 Å². The Balaban J connectivity index is 1.00. The number of rotatable bonds is 5. The Morgan fingerprint density at radius 1 is 0.355 bits per heavy atom. The Morgan fingerprint density at radius 3 is 1.68 bits per heavy atom. The van der Waals surface area contributed by atoms with Gasteiger partial charge >= 0.3 is 0 Å². The number of fused-ring (bicyclic) bond motifs is 14. The number of anilines is 3. The summed E-state index contributed by atoms with van der Waals surface area (Å²) in [6.07, 6.45) is 0. The molecule has 0 saturated carbocycles. The van der Waals surface area contributed by atoms with Crippen molar-refractivity contribution >= 4 is 59.3 Å². The van der Waals surface area contributed by atoms with Gasteiger partial charge in [0.15, 0.2) is 0 Å². The second kappa shape index (κ2) is 13.7. The van der Waals surface area contributed by atoms with Crippen LogP contribution in [0.25, 0.3) is 64.3 Å². The van der Waals surface area contributed by atoms with Gasteiger partial charge in [-0.2, -0.15) is 0 Å². The quantitative estimate of drug-likeness (QED) is 0.172. The number of hydrogen-bond acceptors (Lipinski definition) is 3. The molecule has 13 rings (SSSR count). The molecule has 0 atom stereocenters. The monoisotopic (exact) mass is 807 g/mol. The van der Waals surface area contributed by atoms with E-state index < -0.39 is 5.41 Å². The van der Waals surface area contributed by atoms with Gasteiger partial charge in [0.2, 0.25) is 0 Å². The Kier molecular flexibility index (Phi) is 7.72. The second-order valence-electron chi connectivity index (χ2n) is 16.4.